The van der Waals surface area contributed by atoms with Crippen LogP contribution in [-0.4, -0.2) is 13.1 Å². The molecule has 2 aromatic heterocycles. The summed E-state index contributed by atoms with van der Waals surface area (Å²) in [6.45, 7) is 18.7. The van der Waals surface area contributed by atoms with E-state index < -0.39 is 8.07 Å². The number of hydrogen-bond acceptors (Lipinski definition) is 2. The van der Waals surface area contributed by atoms with Crippen LogP contribution in [0.5, 0.6) is 0 Å². The van der Waals surface area contributed by atoms with Crippen LogP contribution in [0.3, 0.4) is 0 Å². The van der Waals surface area contributed by atoms with Gasteiger partial charge in [-0.3, -0.25) is 4.98 Å². The predicted octanol–water partition coefficient (Wildman–Crippen LogP) is 9.74. The molecular weight excluding hydrogens is 447 g/mol. The molecule has 0 saturated carbocycles. The molecule has 0 amide bonds. The van der Waals surface area contributed by atoms with Gasteiger partial charge in [0.2, 0.25) is 0 Å². The Kier molecular flexibility index (Phi) is 5.69. The highest BCUT2D eigenvalue weighted by atomic mass is 32.1. The average molecular weight is 482 g/mol. The lowest BCUT2D eigenvalue weighted by atomic mass is 9.90. The molecule has 3 heteroatoms. The molecule has 0 radical (unpaired) electrons. The molecule has 0 fully saturated rings. The van der Waals surface area contributed by atoms with Crippen LogP contribution in [0.2, 0.25) is 19.6 Å². The van der Waals surface area contributed by atoms with Crippen molar-refractivity contribution in [2.24, 2.45) is 0 Å². The molecule has 0 saturated heterocycles. The largest absolute Gasteiger partial charge is 0.255 e. The molecular formula is C31H35NSSi. The van der Waals surface area contributed by atoms with Crippen molar-refractivity contribution < 1.29 is 0 Å². The molecule has 0 N–H and O–H groups in total. The van der Waals surface area contributed by atoms with Gasteiger partial charge in [0.05, 0.1) is 10.4 Å². The summed E-state index contributed by atoms with van der Waals surface area (Å²) >= 11 is 1.93. The smallest absolute Gasteiger partial charge is 0.0880 e. The van der Waals surface area contributed by atoms with Crippen molar-refractivity contribution in [3.8, 4) is 11.3 Å². The van der Waals surface area contributed by atoms with Crippen molar-refractivity contribution >= 4 is 50.4 Å². The van der Waals surface area contributed by atoms with E-state index in [1.165, 1.54) is 70.4 Å². The van der Waals surface area contributed by atoms with Crippen LogP contribution in [-0.2, 0) is 6.04 Å². The Bertz CT molecular complexity index is 1570. The quantitative estimate of drug-likeness (QED) is 0.233. The van der Waals surface area contributed by atoms with E-state index in [0.29, 0.717) is 5.92 Å². The number of nitrogens with zero attached hydrogens (tertiary/aromatic N) is 1. The number of fused-ring (bicyclic) bond motifs is 4. The Balaban J connectivity index is 1.77. The Hall–Kier alpha value is -2.49. The number of benzene rings is 3. The molecule has 0 aliphatic rings. The first-order valence-electron chi connectivity index (χ1n) is 12.4. The first-order valence-corrected chi connectivity index (χ1v) is 16.9. The molecule has 34 heavy (non-hydrogen) atoms. The number of rotatable bonds is 4. The second kappa shape index (κ2) is 8.32. The molecule has 0 spiro atoms. The molecule has 0 bridgehead atoms. The summed E-state index contributed by atoms with van der Waals surface area (Å²) in [5.41, 5.74) is 9.44. The Morgan fingerprint density at radius 1 is 0.824 bits per heavy atom. The lowest BCUT2D eigenvalue weighted by Gasteiger charge is -2.17. The fourth-order valence-electron chi connectivity index (χ4n) is 5.19. The fourth-order valence-corrected chi connectivity index (χ4v) is 8.04. The number of pyridine rings is 1. The minimum absolute atomic E-state index is 0.456. The van der Waals surface area contributed by atoms with Gasteiger partial charge in [-0.25, -0.2) is 0 Å². The van der Waals surface area contributed by atoms with Gasteiger partial charge in [0.1, 0.15) is 0 Å². The lowest BCUT2D eigenvalue weighted by Crippen LogP contribution is -2.24. The Morgan fingerprint density at radius 3 is 2.24 bits per heavy atom. The summed E-state index contributed by atoms with van der Waals surface area (Å²) in [6.07, 6.45) is 1.99. The summed E-state index contributed by atoms with van der Waals surface area (Å²) < 4.78 is 2.74. The van der Waals surface area contributed by atoms with E-state index >= 15 is 0 Å². The molecule has 2 heterocycles. The van der Waals surface area contributed by atoms with E-state index in [2.05, 4.69) is 96.7 Å². The third kappa shape index (κ3) is 3.99. The van der Waals surface area contributed by atoms with Gasteiger partial charge in [-0.2, -0.15) is 0 Å². The zero-order valence-electron chi connectivity index (χ0n) is 21.8. The van der Waals surface area contributed by atoms with E-state index in [9.17, 15) is 0 Å². The molecule has 0 atom stereocenters. The van der Waals surface area contributed by atoms with E-state index in [0.717, 1.165) is 5.69 Å². The van der Waals surface area contributed by atoms with Crippen molar-refractivity contribution in [2.75, 3.05) is 0 Å². The molecule has 0 unspecified atom stereocenters. The Labute approximate surface area is 208 Å². The number of thiophene rings is 1. The standard InChI is InChI=1S/C31H35NSSi/c1-18(2)27-16-24(15-23-13-19(3)20(4)14-28(23)27)29-31-26(11-12-32-29)25-10-9-22(17-34(6,7)8)21(5)30(25)33-31/h9-16,18H,17H2,1-8H3. The maximum atomic E-state index is 4.95. The number of aromatic nitrogens is 1. The van der Waals surface area contributed by atoms with E-state index in [-0.39, 0.29) is 0 Å². The summed E-state index contributed by atoms with van der Waals surface area (Å²) in [4.78, 5) is 4.95. The second-order valence-electron chi connectivity index (χ2n) is 11.5. The predicted molar refractivity (Wildman–Crippen MR) is 155 cm³/mol. The Morgan fingerprint density at radius 2 is 1.53 bits per heavy atom. The highest BCUT2D eigenvalue weighted by molar-refractivity contribution is 7.26. The molecule has 0 aliphatic heterocycles. The number of aryl methyl sites for hydroxylation is 3. The topological polar surface area (TPSA) is 12.9 Å². The molecule has 1 nitrogen and oxygen atoms in total. The van der Waals surface area contributed by atoms with E-state index in [4.69, 9.17) is 4.98 Å². The first-order chi connectivity index (χ1) is 16.0. The van der Waals surface area contributed by atoms with Crippen molar-refractivity contribution in [2.45, 2.75) is 66.2 Å². The van der Waals surface area contributed by atoms with E-state index in [1.54, 1.807) is 0 Å². The molecule has 5 aromatic rings. The van der Waals surface area contributed by atoms with Crippen LogP contribution >= 0.6 is 11.3 Å². The summed E-state index contributed by atoms with van der Waals surface area (Å²) in [6, 6.07) is 17.6. The highest BCUT2D eigenvalue weighted by Crippen LogP contribution is 2.42. The summed E-state index contributed by atoms with van der Waals surface area (Å²) in [7, 11) is -1.18. The lowest BCUT2D eigenvalue weighted by molar-refractivity contribution is 0.876. The van der Waals surface area contributed by atoms with Crippen LogP contribution < -0.4 is 0 Å². The summed E-state index contributed by atoms with van der Waals surface area (Å²) in [5, 5.41) is 5.39. The maximum absolute atomic E-state index is 4.95. The average Bonchev–Trinajstić information content (AvgIpc) is 3.14. The van der Waals surface area contributed by atoms with Crippen molar-refractivity contribution in [1.82, 2.24) is 4.98 Å². The maximum Gasteiger partial charge on any atom is 0.0880 e. The fraction of sp³-hybridized carbons (Fsp3) is 0.323. The normalized spacial score (nSPS) is 12.5. The SMILES string of the molecule is Cc1cc2cc(-c3nccc4c3sc3c(C)c(C[Si](C)(C)C)ccc34)cc(C(C)C)c2cc1C. The third-order valence-corrected chi connectivity index (χ3v) is 9.92. The van der Waals surface area contributed by atoms with Gasteiger partial charge < -0.3 is 0 Å². The zero-order valence-corrected chi connectivity index (χ0v) is 23.6. The van der Waals surface area contributed by atoms with Crippen LogP contribution in [0, 0.1) is 20.8 Å². The van der Waals surface area contributed by atoms with Crippen LogP contribution in [0.1, 0.15) is 47.6 Å². The van der Waals surface area contributed by atoms with Crippen LogP contribution in [0.4, 0.5) is 0 Å². The zero-order chi connectivity index (χ0) is 24.4. The van der Waals surface area contributed by atoms with Crippen molar-refractivity contribution in [3.63, 3.8) is 0 Å². The van der Waals surface area contributed by atoms with Crippen LogP contribution in [0.25, 0.3) is 42.2 Å². The van der Waals surface area contributed by atoms with Crippen molar-refractivity contribution in [3.05, 3.63) is 76.5 Å². The highest BCUT2D eigenvalue weighted by Gasteiger charge is 2.19. The minimum Gasteiger partial charge on any atom is -0.255 e. The van der Waals surface area contributed by atoms with Crippen molar-refractivity contribution in [1.29, 1.82) is 0 Å². The van der Waals surface area contributed by atoms with Gasteiger partial charge in [-0.05, 0) is 89.5 Å². The molecule has 3 aromatic carbocycles. The first kappa shape index (κ1) is 23.3. The van der Waals surface area contributed by atoms with Gasteiger partial charge >= 0.3 is 0 Å². The summed E-state index contributed by atoms with van der Waals surface area (Å²) in [5.74, 6) is 0.456. The van der Waals surface area contributed by atoms with Gasteiger partial charge in [-0.1, -0.05) is 57.8 Å². The minimum atomic E-state index is -1.18. The van der Waals surface area contributed by atoms with Gasteiger partial charge in [0, 0.05) is 35.3 Å². The van der Waals surface area contributed by atoms with Crippen LogP contribution in [0.15, 0.2) is 48.7 Å². The monoisotopic (exact) mass is 481 g/mol. The van der Waals surface area contributed by atoms with Gasteiger partial charge in [-0.15, -0.1) is 11.3 Å². The van der Waals surface area contributed by atoms with Gasteiger partial charge in [0.25, 0.3) is 0 Å². The van der Waals surface area contributed by atoms with E-state index in [1.807, 2.05) is 17.5 Å². The second-order valence-corrected chi connectivity index (χ2v) is 18.0. The molecule has 0 aliphatic carbocycles. The molecule has 5 rings (SSSR count). The van der Waals surface area contributed by atoms with Gasteiger partial charge in [0.15, 0.2) is 0 Å². The molecule has 174 valence electrons. The third-order valence-electron chi connectivity index (χ3n) is 7.13. The number of hydrogen-bond donors (Lipinski definition) is 0.